The van der Waals surface area contributed by atoms with Crippen LogP contribution in [-0.4, -0.2) is 88.0 Å². The predicted octanol–water partition coefficient (Wildman–Crippen LogP) is 1.56. The van der Waals surface area contributed by atoms with Gasteiger partial charge in [-0.2, -0.15) is 0 Å². The molecule has 11 heteroatoms. The molecule has 1 aromatic rings. The van der Waals surface area contributed by atoms with Crippen molar-refractivity contribution in [3.05, 3.63) is 29.8 Å². The number of carbonyl (C=O) groups excluding carboxylic acids is 3. The molecule has 1 atom stereocenters. The standard InChI is InChI=1S/C22H33N5O6/c1-4-11-26(12-10-24-13-19(28)32-5-2)14-18-15-27(22(30)33-18)17-8-6-16(7-9-17)20(23)25-21(29)31-3/h6-9,18,24H,4-5,10-15H2,1-3H3,(H2,23,25,29)/t18-/m1/s1. The molecule has 0 aromatic heterocycles. The van der Waals surface area contributed by atoms with Crippen LogP contribution in [0, 0.1) is 5.41 Å². The Morgan fingerprint density at radius 2 is 1.97 bits per heavy atom. The third kappa shape index (κ3) is 8.35. The van der Waals surface area contributed by atoms with Gasteiger partial charge in [-0.15, -0.1) is 0 Å². The number of anilines is 1. The summed E-state index contributed by atoms with van der Waals surface area (Å²) >= 11 is 0. The minimum atomic E-state index is -0.720. The molecule has 11 nitrogen and oxygen atoms in total. The minimum Gasteiger partial charge on any atom is -0.465 e. The number of nitrogens with one attached hydrogen (secondary N) is 3. The number of nitrogens with zero attached hydrogens (tertiary/aromatic N) is 2. The van der Waals surface area contributed by atoms with E-state index in [0.29, 0.717) is 44.0 Å². The fourth-order valence-corrected chi connectivity index (χ4v) is 3.40. The van der Waals surface area contributed by atoms with E-state index in [2.05, 4.69) is 27.2 Å². The average molecular weight is 464 g/mol. The third-order valence-corrected chi connectivity index (χ3v) is 4.94. The number of alkyl carbamates (subject to hydrolysis) is 1. The lowest BCUT2D eigenvalue weighted by atomic mass is 10.1. The molecule has 0 aliphatic carbocycles. The van der Waals surface area contributed by atoms with E-state index in [0.717, 1.165) is 13.0 Å². The van der Waals surface area contributed by atoms with Gasteiger partial charge < -0.3 is 19.5 Å². The van der Waals surface area contributed by atoms with Crippen molar-refractivity contribution in [2.75, 3.05) is 57.9 Å². The lowest BCUT2D eigenvalue weighted by molar-refractivity contribution is -0.142. The molecule has 0 saturated carbocycles. The van der Waals surface area contributed by atoms with Crippen LogP contribution < -0.4 is 15.5 Å². The summed E-state index contributed by atoms with van der Waals surface area (Å²) in [6.45, 7) is 7.56. The smallest absolute Gasteiger partial charge is 0.414 e. The van der Waals surface area contributed by atoms with Crippen LogP contribution in [-0.2, 0) is 19.0 Å². The number of amidine groups is 1. The van der Waals surface area contributed by atoms with Crippen LogP contribution in [0.3, 0.4) is 0 Å². The largest absolute Gasteiger partial charge is 0.465 e. The number of amides is 2. The van der Waals surface area contributed by atoms with Crippen molar-refractivity contribution in [1.29, 1.82) is 5.41 Å². The number of methoxy groups -OCH3 is 1. The highest BCUT2D eigenvalue weighted by molar-refractivity contribution is 6.04. The Balaban J connectivity index is 1.87. The minimum absolute atomic E-state index is 0.0953. The zero-order valence-electron chi connectivity index (χ0n) is 19.4. The van der Waals surface area contributed by atoms with E-state index in [1.54, 1.807) is 36.1 Å². The summed E-state index contributed by atoms with van der Waals surface area (Å²) in [7, 11) is 1.22. The van der Waals surface area contributed by atoms with Crippen molar-refractivity contribution < 1.29 is 28.6 Å². The highest BCUT2D eigenvalue weighted by Gasteiger charge is 2.33. The van der Waals surface area contributed by atoms with E-state index in [9.17, 15) is 14.4 Å². The summed E-state index contributed by atoms with van der Waals surface area (Å²) in [6.07, 6.45) is -0.474. The number of esters is 1. The van der Waals surface area contributed by atoms with Gasteiger partial charge in [-0.25, -0.2) is 9.59 Å². The van der Waals surface area contributed by atoms with Crippen LogP contribution in [0.4, 0.5) is 15.3 Å². The first-order chi connectivity index (χ1) is 15.9. The highest BCUT2D eigenvalue weighted by atomic mass is 16.6. The average Bonchev–Trinajstić information content (AvgIpc) is 3.16. The number of hydrogen-bond donors (Lipinski definition) is 3. The Bertz CT molecular complexity index is 816. The molecule has 0 radical (unpaired) electrons. The van der Waals surface area contributed by atoms with E-state index in [1.165, 1.54) is 7.11 Å². The van der Waals surface area contributed by atoms with E-state index in [-0.39, 0.29) is 24.5 Å². The number of ether oxygens (including phenoxy) is 3. The van der Waals surface area contributed by atoms with Crippen molar-refractivity contribution in [1.82, 2.24) is 15.5 Å². The molecule has 0 bridgehead atoms. The van der Waals surface area contributed by atoms with Gasteiger partial charge in [0.05, 0.1) is 26.8 Å². The van der Waals surface area contributed by atoms with Gasteiger partial charge in [-0.3, -0.25) is 25.3 Å². The molecule has 1 heterocycles. The molecular formula is C22H33N5O6. The third-order valence-electron chi connectivity index (χ3n) is 4.94. The molecule has 1 aliphatic rings. The second kappa shape index (κ2) is 13.4. The molecule has 0 unspecified atom stereocenters. The second-order valence-electron chi connectivity index (χ2n) is 7.44. The number of hydrogen-bond acceptors (Lipinski definition) is 9. The van der Waals surface area contributed by atoms with Gasteiger partial charge >= 0.3 is 18.2 Å². The van der Waals surface area contributed by atoms with Crippen LogP contribution in [0.15, 0.2) is 24.3 Å². The van der Waals surface area contributed by atoms with Crippen LogP contribution >= 0.6 is 0 Å². The highest BCUT2D eigenvalue weighted by Crippen LogP contribution is 2.22. The van der Waals surface area contributed by atoms with E-state index in [1.807, 2.05) is 0 Å². The Labute approximate surface area is 193 Å². The van der Waals surface area contributed by atoms with Crippen LogP contribution in [0.5, 0.6) is 0 Å². The Kier molecular flexibility index (Phi) is 10.6. The van der Waals surface area contributed by atoms with E-state index >= 15 is 0 Å². The van der Waals surface area contributed by atoms with Crippen LogP contribution in [0.25, 0.3) is 0 Å². The predicted molar refractivity (Wildman–Crippen MR) is 123 cm³/mol. The number of benzene rings is 1. The molecule has 2 amide bonds. The fourth-order valence-electron chi connectivity index (χ4n) is 3.40. The van der Waals surface area contributed by atoms with Gasteiger partial charge in [0, 0.05) is 30.9 Å². The van der Waals surface area contributed by atoms with Crippen molar-refractivity contribution in [3.8, 4) is 0 Å². The van der Waals surface area contributed by atoms with Gasteiger partial charge in [-0.1, -0.05) is 6.92 Å². The topological polar surface area (TPSA) is 133 Å². The molecule has 1 aliphatic heterocycles. The molecule has 1 aromatic carbocycles. The lowest BCUT2D eigenvalue weighted by Gasteiger charge is -2.24. The summed E-state index contributed by atoms with van der Waals surface area (Å²) in [5, 5.41) is 13.3. The van der Waals surface area contributed by atoms with Crippen molar-refractivity contribution in [2.24, 2.45) is 0 Å². The summed E-state index contributed by atoms with van der Waals surface area (Å²) in [5.41, 5.74) is 1.13. The normalized spacial score (nSPS) is 15.3. The molecule has 3 N–H and O–H groups in total. The van der Waals surface area contributed by atoms with Gasteiger partial charge in [0.2, 0.25) is 0 Å². The van der Waals surface area contributed by atoms with Crippen molar-refractivity contribution in [2.45, 2.75) is 26.4 Å². The Morgan fingerprint density at radius 3 is 2.61 bits per heavy atom. The van der Waals surface area contributed by atoms with E-state index in [4.69, 9.17) is 14.9 Å². The van der Waals surface area contributed by atoms with Gasteiger partial charge in [0.25, 0.3) is 0 Å². The maximum atomic E-state index is 12.4. The number of rotatable bonds is 12. The first kappa shape index (κ1) is 26.1. The number of carbonyl (C=O) groups is 3. The molecule has 33 heavy (non-hydrogen) atoms. The quantitative estimate of drug-likeness (QED) is 0.140. The van der Waals surface area contributed by atoms with Gasteiger partial charge in [0.1, 0.15) is 11.9 Å². The van der Waals surface area contributed by atoms with Crippen LogP contribution in [0.2, 0.25) is 0 Å². The first-order valence-electron chi connectivity index (χ1n) is 11.0. The van der Waals surface area contributed by atoms with Crippen molar-refractivity contribution in [3.63, 3.8) is 0 Å². The monoisotopic (exact) mass is 463 g/mol. The van der Waals surface area contributed by atoms with Gasteiger partial charge in [-0.05, 0) is 44.2 Å². The summed E-state index contributed by atoms with van der Waals surface area (Å²) in [6, 6.07) is 6.70. The van der Waals surface area contributed by atoms with E-state index < -0.39 is 12.2 Å². The molecule has 1 fully saturated rings. The number of cyclic esters (lactones) is 1. The second-order valence-corrected chi connectivity index (χ2v) is 7.44. The van der Waals surface area contributed by atoms with Gasteiger partial charge in [0.15, 0.2) is 0 Å². The fraction of sp³-hybridized carbons (Fsp3) is 0.545. The molecule has 2 rings (SSSR count). The van der Waals surface area contributed by atoms with Crippen molar-refractivity contribution >= 4 is 29.7 Å². The maximum Gasteiger partial charge on any atom is 0.414 e. The Hall–Kier alpha value is -3.18. The molecule has 1 saturated heterocycles. The SMILES string of the molecule is CCCN(CCNCC(=O)OCC)C[C@@H]1CN(c2ccc(C(=N)NC(=O)OC)cc2)C(=O)O1. The summed E-state index contributed by atoms with van der Waals surface area (Å²) in [4.78, 5) is 38.9. The molecule has 182 valence electrons. The maximum absolute atomic E-state index is 12.4. The first-order valence-corrected chi connectivity index (χ1v) is 11.0. The molecule has 0 spiro atoms. The lowest BCUT2D eigenvalue weighted by Crippen LogP contribution is -2.40. The zero-order chi connectivity index (χ0) is 24.2. The van der Waals surface area contributed by atoms with Crippen LogP contribution in [0.1, 0.15) is 25.8 Å². The Morgan fingerprint density at radius 1 is 1.24 bits per heavy atom. The zero-order valence-corrected chi connectivity index (χ0v) is 19.4. The molecular weight excluding hydrogens is 430 g/mol. The summed E-state index contributed by atoms with van der Waals surface area (Å²) in [5.74, 6) is -0.371. The summed E-state index contributed by atoms with van der Waals surface area (Å²) < 4.78 is 14.9.